The normalized spacial score (nSPS) is 17.1. The van der Waals surface area contributed by atoms with Gasteiger partial charge in [0, 0.05) is 26.4 Å². The van der Waals surface area contributed by atoms with Gasteiger partial charge < -0.3 is 20.6 Å². The largest absolute Gasteiger partial charge is 0.490 e. The molecular formula is C25H36F3N3O5. The highest BCUT2D eigenvalue weighted by atomic mass is 19.4. The molecule has 202 valence electrons. The number of likely N-dealkylation sites (N-methyl/N-ethyl adjacent to an activating group) is 1. The van der Waals surface area contributed by atoms with Gasteiger partial charge in [0.2, 0.25) is 11.8 Å². The molecule has 0 spiro atoms. The first kappa shape index (κ1) is 31.1. The lowest BCUT2D eigenvalue weighted by atomic mass is 9.99. The van der Waals surface area contributed by atoms with Gasteiger partial charge in [-0.15, -0.1) is 0 Å². The number of alkyl halides is 3. The number of hydrogen-bond acceptors (Lipinski definition) is 5. The number of Topliss-reactive ketones (excluding diaryl/α,β-unsaturated/α-hetero) is 1. The van der Waals surface area contributed by atoms with Crippen LogP contribution in [0.15, 0.2) is 30.3 Å². The van der Waals surface area contributed by atoms with Gasteiger partial charge in [-0.3, -0.25) is 14.4 Å². The lowest BCUT2D eigenvalue weighted by molar-refractivity contribution is -0.192. The first-order valence-corrected chi connectivity index (χ1v) is 11.9. The Bertz CT molecular complexity index is 893. The van der Waals surface area contributed by atoms with E-state index in [1.165, 1.54) is 4.90 Å². The summed E-state index contributed by atoms with van der Waals surface area (Å²) in [5.74, 6) is -2.78. The van der Waals surface area contributed by atoms with Crippen LogP contribution in [0.3, 0.4) is 0 Å². The van der Waals surface area contributed by atoms with Crippen molar-refractivity contribution in [2.45, 2.75) is 77.2 Å². The van der Waals surface area contributed by atoms with Gasteiger partial charge in [-0.25, -0.2) is 4.79 Å². The lowest BCUT2D eigenvalue weighted by Gasteiger charge is -2.34. The van der Waals surface area contributed by atoms with Crippen LogP contribution in [0.25, 0.3) is 0 Å². The van der Waals surface area contributed by atoms with E-state index in [2.05, 4.69) is 0 Å². The molecule has 3 N–H and O–H groups in total. The fraction of sp³-hybridized carbons (Fsp3) is 0.600. The molecule has 0 bridgehead atoms. The molecule has 2 amide bonds. The van der Waals surface area contributed by atoms with Crippen LogP contribution in [0, 0.1) is 5.92 Å². The molecular weight excluding hydrogens is 479 g/mol. The van der Waals surface area contributed by atoms with Crippen LogP contribution in [-0.2, 0) is 25.6 Å². The van der Waals surface area contributed by atoms with Gasteiger partial charge >= 0.3 is 12.1 Å². The molecule has 0 radical (unpaired) electrons. The van der Waals surface area contributed by atoms with Crippen LogP contribution in [-0.4, -0.2) is 76.4 Å². The van der Waals surface area contributed by atoms with Crippen molar-refractivity contribution in [3.63, 3.8) is 0 Å². The minimum Gasteiger partial charge on any atom is -0.475 e. The van der Waals surface area contributed by atoms with E-state index < -0.39 is 24.2 Å². The van der Waals surface area contributed by atoms with E-state index >= 15 is 0 Å². The summed E-state index contributed by atoms with van der Waals surface area (Å²) in [4.78, 5) is 50.9. The average molecular weight is 516 g/mol. The Kier molecular flexibility index (Phi) is 12.1. The Morgan fingerprint density at radius 1 is 1.17 bits per heavy atom. The number of carbonyl (C=O) groups excluding carboxylic acids is 3. The van der Waals surface area contributed by atoms with Gasteiger partial charge in [0.05, 0.1) is 12.1 Å². The summed E-state index contributed by atoms with van der Waals surface area (Å²) in [6.45, 7) is 6.42. The summed E-state index contributed by atoms with van der Waals surface area (Å²) >= 11 is 0. The maximum atomic E-state index is 13.5. The van der Waals surface area contributed by atoms with Crippen LogP contribution in [0.2, 0.25) is 0 Å². The minimum absolute atomic E-state index is 0.0831. The average Bonchev–Trinajstić information content (AvgIpc) is 3.30. The summed E-state index contributed by atoms with van der Waals surface area (Å²) in [6, 6.07) is 7.97. The molecule has 0 aromatic heterocycles. The Hall–Kier alpha value is -2.95. The zero-order chi connectivity index (χ0) is 27.6. The van der Waals surface area contributed by atoms with Gasteiger partial charge in [-0.05, 0) is 30.7 Å². The van der Waals surface area contributed by atoms with Crippen molar-refractivity contribution in [3.8, 4) is 0 Å². The Morgan fingerprint density at radius 3 is 2.19 bits per heavy atom. The third-order valence-corrected chi connectivity index (χ3v) is 5.91. The van der Waals surface area contributed by atoms with Crippen LogP contribution in [0.1, 0.15) is 52.0 Å². The molecule has 1 aromatic carbocycles. The number of rotatable bonds is 9. The molecule has 0 aliphatic carbocycles. The summed E-state index contributed by atoms with van der Waals surface area (Å²) in [5.41, 5.74) is 7.10. The summed E-state index contributed by atoms with van der Waals surface area (Å²) in [6.07, 6.45) is -2.20. The van der Waals surface area contributed by atoms with Crippen molar-refractivity contribution >= 4 is 23.6 Å². The fourth-order valence-electron chi connectivity index (χ4n) is 4.04. The number of likely N-dealkylation sites (tertiary alicyclic amines) is 1. The Balaban J connectivity index is 0.000000809. The maximum Gasteiger partial charge on any atom is 0.490 e. The quantitative estimate of drug-likeness (QED) is 0.522. The van der Waals surface area contributed by atoms with Crippen LogP contribution < -0.4 is 5.73 Å². The molecule has 3 atom stereocenters. The van der Waals surface area contributed by atoms with Crippen molar-refractivity contribution in [1.29, 1.82) is 0 Å². The highest BCUT2D eigenvalue weighted by Crippen LogP contribution is 2.23. The second-order valence-electron chi connectivity index (χ2n) is 9.20. The van der Waals surface area contributed by atoms with Gasteiger partial charge in [0.15, 0.2) is 5.78 Å². The van der Waals surface area contributed by atoms with E-state index in [4.69, 9.17) is 15.6 Å². The number of benzene rings is 1. The number of aliphatic carboxylic acids is 1. The number of hydrogen-bond donors (Lipinski definition) is 2. The second kappa shape index (κ2) is 14.0. The van der Waals surface area contributed by atoms with Gasteiger partial charge in [0.25, 0.3) is 0 Å². The topological polar surface area (TPSA) is 121 Å². The molecule has 2 rings (SSSR count). The summed E-state index contributed by atoms with van der Waals surface area (Å²) < 4.78 is 31.7. The number of carboxylic acids is 1. The third kappa shape index (κ3) is 9.25. The standard InChI is InChI=1S/C23H35N3O3.C2HF3O2/c1-5-21(27)19-12-9-13-26(19)23(29)20(15-17-10-7-6-8-11-17)25(4)22(28)18(24)14-16(2)3;3-2(4,5)1(6)7/h6-8,10-11,16,18-20H,5,9,12-15,24H2,1-4H3;(H,6,7)/t18-,19+,20+;/m1./s1. The van der Waals surface area contributed by atoms with E-state index in [9.17, 15) is 27.6 Å². The van der Waals surface area contributed by atoms with E-state index in [0.717, 1.165) is 12.0 Å². The number of nitrogens with two attached hydrogens (primary N) is 1. The molecule has 0 saturated carbocycles. The zero-order valence-corrected chi connectivity index (χ0v) is 21.1. The monoisotopic (exact) mass is 515 g/mol. The molecule has 1 fully saturated rings. The highest BCUT2D eigenvalue weighted by Gasteiger charge is 2.40. The molecule has 36 heavy (non-hydrogen) atoms. The number of halogens is 3. The smallest absolute Gasteiger partial charge is 0.475 e. The first-order chi connectivity index (χ1) is 16.7. The fourth-order valence-corrected chi connectivity index (χ4v) is 4.04. The number of carbonyl (C=O) groups is 4. The molecule has 1 saturated heterocycles. The van der Waals surface area contributed by atoms with Crippen LogP contribution >= 0.6 is 0 Å². The second-order valence-corrected chi connectivity index (χ2v) is 9.20. The molecule has 1 aliphatic rings. The molecule has 11 heteroatoms. The zero-order valence-electron chi connectivity index (χ0n) is 21.1. The first-order valence-electron chi connectivity index (χ1n) is 11.9. The van der Waals surface area contributed by atoms with E-state index in [1.807, 2.05) is 51.1 Å². The lowest BCUT2D eigenvalue weighted by Crippen LogP contribution is -2.56. The number of nitrogens with zero attached hydrogens (tertiary/aromatic N) is 2. The molecule has 8 nitrogen and oxygen atoms in total. The highest BCUT2D eigenvalue weighted by molar-refractivity contribution is 5.94. The van der Waals surface area contributed by atoms with E-state index in [0.29, 0.717) is 32.2 Å². The Labute approximate surface area is 209 Å². The van der Waals surface area contributed by atoms with E-state index in [-0.39, 0.29) is 29.6 Å². The number of carboxylic acid groups (broad SMARTS) is 1. The van der Waals surface area contributed by atoms with Crippen LogP contribution in [0.5, 0.6) is 0 Å². The van der Waals surface area contributed by atoms with Gasteiger partial charge in [0.1, 0.15) is 6.04 Å². The molecule has 1 aromatic rings. The van der Waals surface area contributed by atoms with Crippen LogP contribution in [0.4, 0.5) is 13.2 Å². The molecule has 0 unspecified atom stereocenters. The maximum absolute atomic E-state index is 13.5. The van der Waals surface area contributed by atoms with Crippen molar-refractivity contribution in [1.82, 2.24) is 9.80 Å². The van der Waals surface area contributed by atoms with Crippen molar-refractivity contribution in [2.24, 2.45) is 11.7 Å². The Morgan fingerprint density at radius 2 is 1.72 bits per heavy atom. The number of ketones is 1. The summed E-state index contributed by atoms with van der Waals surface area (Å²) in [5, 5.41) is 7.12. The predicted octanol–water partition coefficient (Wildman–Crippen LogP) is 3.03. The molecule has 1 heterocycles. The van der Waals surface area contributed by atoms with Crippen molar-refractivity contribution in [2.75, 3.05) is 13.6 Å². The van der Waals surface area contributed by atoms with Gasteiger partial charge in [-0.2, -0.15) is 13.2 Å². The van der Waals surface area contributed by atoms with Crippen molar-refractivity contribution < 1.29 is 37.5 Å². The predicted molar refractivity (Wildman–Crippen MR) is 128 cm³/mol. The molecule has 1 aliphatic heterocycles. The third-order valence-electron chi connectivity index (χ3n) is 5.91. The van der Waals surface area contributed by atoms with Crippen molar-refractivity contribution in [3.05, 3.63) is 35.9 Å². The summed E-state index contributed by atoms with van der Waals surface area (Å²) in [7, 11) is 1.65. The minimum atomic E-state index is -5.08. The van der Waals surface area contributed by atoms with E-state index in [1.54, 1.807) is 11.9 Å². The van der Waals surface area contributed by atoms with Gasteiger partial charge in [-0.1, -0.05) is 51.1 Å². The SMILES string of the molecule is CCC(=O)[C@@H]1CCCN1C(=O)[C@H](Cc1ccccc1)N(C)C(=O)[C@H](N)CC(C)C.O=C(O)C(F)(F)F. The number of amides is 2.